The van der Waals surface area contributed by atoms with Crippen molar-refractivity contribution in [3.63, 3.8) is 0 Å². The normalized spacial score (nSPS) is 20.0. The molecule has 166 valence electrons. The second-order valence-electron chi connectivity index (χ2n) is 6.56. The zero-order valence-corrected chi connectivity index (χ0v) is 18.4. The van der Waals surface area contributed by atoms with Crippen LogP contribution < -0.4 is 11.1 Å². The second kappa shape index (κ2) is 9.36. The maximum absolute atomic E-state index is 12.8. The molecule has 0 aromatic carbocycles. The number of pyridine rings is 1. The molecule has 4 rings (SSSR count). The number of esters is 1. The van der Waals surface area contributed by atoms with Crippen LogP contribution in [0.4, 0.5) is 5.13 Å². The second-order valence-corrected chi connectivity index (χ2v) is 8.60. The number of nitrogen functional groups attached to an aromatic ring is 1. The number of thiazole rings is 1. The molecule has 0 saturated carbocycles. The van der Waals surface area contributed by atoms with Gasteiger partial charge in [0, 0.05) is 17.3 Å². The van der Waals surface area contributed by atoms with Crippen molar-refractivity contribution in [3.05, 3.63) is 52.9 Å². The predicted molar refractivity (Wildman–Crippen MR) is 117 cm³/mol. The van der Waals surface area contributed by atoms with Crippen molar-refractivity contribution in [2.24, 2.45) is 5.16 Å². The zero-order chi connectivity index (χ0) is 22.7. The number of thioether (sulfide) groups is 1. The summed E-state index contributed by atoms with van der Waals surface area (Å²) in [6.07, 6.45) is 3.23. The monoisotopic (exact) mass is 474 g/mol. The molecule has 3 N–H and O–H groups in total. The molecular formula is C19H18N6O5S2. The number of rotatable bonds is 7. The van der Waals surface area contributed by atoms with E-state index >= 15 is 0 Å². The van der Waals surface area contributed by atoms with Crippen LogP contribution in [0.5, 0.6) is 0 Å². The lowest BCUT2D eigenvalue weighted by Crippen LogP contribution is -2.70. The van der Waals surface area contributed by atoms with E-state index in [1.165, 1.54) is 23.8 Å². The van der Waals surface area contributed by atoms with Gasteiger partial charge in [-0.05, 0) is 18.2 Å². The van der Waals surface area contributed by atoms with Crippen LogP contribution in [0.1, 0.15) is 11.4 Å². The number of fused-ring (bicyclic) bond motifs is 1. The van der Waals surface area contributed by atoms with Gasteiger partial charge < -0.3 is 20.6 Å². The van der Waals surface area contributed by atoms with Gasteiger partial charge in [-0.3, -0.25) is 19.5 Å². The Bertz CT molecular complexity index is 1100. The van der Waals surface area contributed by atoms with Gasteiger partial charge in [0.2, 0.25) is 0 Å². The largest absolute Gasteiger partial charge is 0.455 e. The number of hydrogen-bond acceptors (Lipinski definition) is 11. The van der Waals surface area contributed by atoms with Gasteiger partial charge in [0.1, 0.15) is 36.5 Å². The van der Waals surface area contributed by atoms with Crippen molar-refractivity contribution in [1.82, 2.24) is 20.2 Å². The Morgan fingerprint density at radius 3 is 2.94 bits per heavy atom. The summed E-state index contributed by atoms with van der Waals surface area (Å²) < 4.78 is 5.30. The van der Waals surface area contributed by atoms with Gasteiger partial charge in [0.15, 0.2) is 10.8 Å². The van der Waals surface area contributed by atoms with E-state index in [-0.39, 0.29) is 28.8 Å². The van der Waals surface area contributed by atoms with Gasteiger partial charge in [0.05, 0.1) is 5.69 Å². The molecule has 32 heavy (non-hydrogen) atoms. The van der Waals surface area contributed by atoms with Gasteiger partial charge >= 0.3 is 5.97 Å². The van der Waals surface area contributed by atoms with Crippen molar-refractivity contribution in [2.45, 2.75) is 18.0 Å². The first-order chi connectivity index (χ1) is 15.5. The number of hydrogen-bond donors (Lipinski definition) is 2. The summed E-state index contributed by atoms with van der Waals surface area (Å²) in [7, 11) is 1.30. The summed E-state index contributed by atoms with van der Waals surface area (Å²) in [5.41, 5.74) is 6.51. The fraction of sp³-hybridized carbons (Fsp3) is 0.263. The van der Waals surface area contributed by atoms with Crippen LogP contribution >= 0.6 is 23.1 Å². The van der Waals surface area contributed by atoms with E-state index in [9.17, 15) is 14.4 Å². The van der Waals surface area contributed by atoms with Crippen LogP contribution in [-0.4, -0.2) is 62.6 Å². The molecule has 2 amide bonds. The number of carbonyl (C=O) groups is 3. The molecule has 1 fully saturated rings. The number of nitrogens with one attached hydrogen (secondary N) is 1. The maximum Gasteiger partial charge on any atom is 0.355 e. The summed E-state index contributed by atoms with van der Waals surface area (Å²) in [6.45, 7) is -0.00929. The van der Waals surface area contributed by atoms with Gasteiger partial charge in [-0.1, -0.05) is 11.2 Å². The summed E-state index contributed by atoms with van der Waals surface area (Å²) in [5.74, 6) is -1.20. The van der Waals surface area contributed by atoms with E-state index in [0.717, 1.165) is 11.3 Å². The van der Waals surface area contributed by atoms with E-state index in [1.54, 1.807) is 35.9 Å². The van der Waals surface area contributed by atoms with E-state index in [2.05, 4.69) is 20.4 Å². The first-order valence-electron chi connectivity index (χ1n) is 9.35. The van der Waals surface area contributed by atoms with Gasteiger partial charge in [-0.15, -0.1) is 23.1 Å². The molecule has 2 aromatic rings. The molecule has 2 atom stereocenters. The fourth-order valence-electron chi connectivity index (χ4n) is 3.13. The quantitative estimate of drug-likeness (QED) is 0.253. The third-order valence-electron chi connectivity index (χ3n) is 4.58. The molecule has 1 saturated heterocycles. The van der Waals surface area contributed by atoms with Crippen LogP contribution in [0, 0.1) is 0 Å². The minimum absolute atomic E-state index is 0.00929. The first-order valence-corrected chi connectivity index (χ1v) is 11.3. The summed E-state index contributed by atoms with van der Waals surface area (Å²) in [5, 5.41) is 7.75. The lowest BCUT2D eigenvalue weighted by Gasteiger charge is -2.48. The Balaban J connectivity index is 1.41. The average Bonchev–Trinajstić information content (AvgIpc) is 3.24. The highest BCUT2D eigenvalue weighted by molar-refractivity contribution is 8.00. The van der Waals surface area contributed by atoms with Crippen molar-refractivity contribution < 1.29 is 24.0 Å². The number of amides is 2. The number of aromatic nitrogens is 2. The first kappa shape index (κ1) is 21.8. The molecule has 13 heteroatoms. The summed E-state index contributed by atoms with van der Waals surface area (Å²) in [6, 6.07) is 4.45. The predicted octanol–water partition coefficient (Wildman–Crippen LogP) is 0.498. The topological polar surface area (TPSA) is 149 Å². The Hall–Kier alpha value is -3.45. The standard InChI is InChI=1S/C19H18N6O5S2/c1-29-24-13(11-9-32-19(20)22-11)15(26)23-14-16(27)25-12(5-7-31-17(14)25)18(28)30-8-10-4-2-3-6-21-10/h2-6,9,14,17H,7-8H2,1H3,(H2,20,22)(H,23,26)/b24-13+. The number of β-lactam (4-membered cyclic amide) rings is 1. The van der Waals surface area contributed by atoms with Gasteiger partial charge in [0.25, 0.3) is 11.8 Å². The van der Waals surface area contributed by atoms with E-state index < -0.39 is 29.2 Å². The third-order valence-corrected chi connectivity index (χ3v) is 6.44. The minimum atomic E-state index is -0.835. The molecule has 4 heterocycles. The van der Waals surface area contributed by atoms with Crippen molar-refractivity contribution in [3.8, 4) is 0 Å². The molecule has 11 nitrogen and oxygen atoms in total. The number of nitrogens with two attached hydrogens (primary N) is 1. The molecule has 2 aliphatic rings. The highest BCUT2D eigenvalue weighted by Crippen LogP contribution is 2.37. The van der Waals surface area contributed by atoms with Crippen LogP contribution in [-0.2, 0) is 30.6 Å². The lowest BCUT2D eigenvalue weighted by atomic mass is 10.0. The van der Waals surface area contributed by atoms with Crippen LogP contribution in [0.25, 0.3) is 0 Å². The average molecular weight is 475 g/mol. The molecule has 0 aliphatic carbocycles. The minimum Gasteiger partial charge on any atom is -0.455 e. The number of nitrogens with zero attached hydrogens (tertiary/aromatic N) is 4. The highest BCUT2D eigenvalue weighted by atomic mass is 32.2. The molecule has 0 radical (unpaired) electrons. The van der Waals surface area contributed by atoms with E-state index in [4.69, 9.17) is 15.3 Å². The molecule has 0 spiro atoms. The Morgan fingerprint density at radius 2 is 2.25 bits per heavy atom. The van der Waals surface area contributed by atoms with Crippen LogP contribution in [0.2, 0.25) is 0 Å². The number of anilines is 1. The summed E-state index contributed by atoms with van der Waals surface area (Å²) in [4.78, 5) is 52.3. The van der Waals surface area contributed by atoms with Crippen molar-refractivity contribution in [1.29, 1.82) is 0 Å². The fourth-order valence-corrected chi connectivity index (χ4v) is 4.87. The Kier molecular flexibility index (Phi) is 6.37. The maximum atomic E-state index is 12.8. The SMILES string of the molecule is CO/N=C(/C(=O)NC1C(=O)N2C(C(=O)OCc3ccccn3)=CCSC12)c1csc(N)n1. The molecule has 2 aliphatic heterocycles. The van der Waals surface area contributed by atoms with Gasteiger partial charge in [-0.25, -0.2) is 9.78 Å². The van der Waals surface area contributed by atoms with E-state index in [1.807, 2.05) is 0 Å². The number of oxime groups is 1. The number of ether oxygens (including phenoxy) is 1. The zero-order valence-electron chi connectivity index (χ0n) is 16.8. The Labute approximate surface area is 190 Å². The smallest absolute Gasteiger partial charge is 0.355 e. The van der Waals surface area contributed by atoms with Crippen molar-refractivity contribution >= 4 is 51.7 Å². The molecule has 0 bridgehead atoms. The number of carbonyl (C=O) groups excluding carboxylic acids is 3. The lowest BCUT2D eigenvalue weighted by molar-refractivity contribution is -0.153. The Morgan fingerprint density at radius 1 is 1.41 bits per heavy atom. The summed E-state index contributed by atoms with van der Waals surface area (Å²) >= 11 is 2.56. The van der Waals surface area contributed by atoms with Crippen molar-refractivity contribution in [2.75, 3.05) is 18.6 Å². The van der Waals surface area contributed by atoms with Crippen LogP contribution in [0.15, 0.2) is 46.7 Å². The molecular weight excluding hydrogens is 456 g/mol. The van der Waals surface area contributed by atoms with Gasteiger partial charge in [-0.2, -0.15) is 0 Å². The third kappa shape index (κ3) is 4.29. The highest BCUT2D eigenvalue weighted by Gasteiger charge is 2.53. The van der Waals surface area contributed by atoms with E-state index in [0.29, 0.717) is 11.4 Å². The molecule has 2 aromatic heterocycles. The molecule has 2 unspecified atom stereocenters. The van der Waals surface area contributed by atoms with Crippen LogP contribution in [0.3, 0.4) is 0 Å².